The molecule has 0 spiro atoms. The van der Waals surface area contributed by atoms with Crippen LogP contribution in [-0.2, 0) is 42.2 Å². The standard InChI is InChI=1S/C22H41N3O3.C18H36O2.C9H20O.Y/c1-3-4-5-6-7-10-15-25(16-11-8-9-12-18-26)17-13-14-24-20-19(23-2)21(27)22(20)28;1-3-5-7-9-11-13-15-18(20-17-19)16-14-12-10-8-6-4-2;1-2-3-4-5-6-7-8-9-10;/h23-24,26H,3-18H2,1-2H3;17-18H,3-16H2,1-2H3;10H,2-9H2,1H3;. The van der Waals surface area contributed by atoms with Gasteiger partial charge in [-0.05, 0) is 77.4 Å². The fourth-order valence-corrected chi connectivity index (χ4v) is 7.30. The summed E-state index contributed by atoms with van der Waals surface area (Å²) in [4.78, 5) is 36.1. The Bertz CT molecular complexity index is 1010. The zero-order valence-corrected chi connectivity index (χ0v) is 42.4. The number of anilines is 2. The number of aliphatic hydroxyl groups is 2. The van der Waals surface area contributed by atoms with E-state index in [2.05, 4.69) is 43.2 Å². The monoisotopic (exact) mass is 913 g/mol. The number of carbonyl (C=O) groups excluding carboxylic acids is 1. The molecule has 1 aromatic rings. The summed E-state index contributed by atoms with van der Waals surface area (Å²) in [6.45, 7) is 14.2. The number of aliphatic hydroxyl groups excluding tert-OH is 2. The fraction of sp³-hybridized carbons (Fsp3) is 0.898. The Kier molecular flexibility index (Phi) is 54.5. The Morgan fingerprint density at radius 3 is 1.22 bits per heavy atom. The van der Waals surface area contributed by atoms with Gasteiger partial charge in [0, 0.05) is 59.5 Å². The molecule has 0 bridgehead atoms. The largest absolute Gasteiger partial charge is 0.465 e. The van der Waals surface area contributed by atoms with Crippen LogP contribution < -0.4 is 21.5 Å². The number of rotatable bonds is 42. The first-order valence-electron chi connectivity index (χ1n) is 24.7. The van der Waals surface area contributed by atoms with E-state index in [0.29, 0.717) is 37.6 Å². The third-order valence-corrected chi connectivity index (χ3v) is 11.1. The van der Waals surface area contributed by atoms with Crippen LogP contribution in [0.1, 0.15) is 233 Å². The second-order valence-electron chi connectivity index (χ2n) is 16.5. The van der Waals surface area contributed by atoms with Crippen LogP contribution in [0.4, 0.5) is 11.4 Å². The van der Waals surface area contributed by atoms with Crippen LogP contribution in [0.2, 0.25) is 0 Å². The van der Waals surface area contributed by atoms with Gasteiger partial charge in [-0.1, -0.05) is 175 Å². The van der Waals surface area contributed by atoms with Crippen molar-refractivity contribution in [2.45, 2.75) is 239 Å². The minimum atomic E-state index is -0.419. The summed E-state index contributed by atoms with van der Waals surface area (Å²) in [5.41, 5.74) is 0.0338. The van der Waals surface area contributed by atoms with E-state index in [-0.39, 0.29) is 38.8 Å². The van der Waals surface area contributed by atoms with Crippen molar-refractivity contribution in [1.82, 2.24) is 4.90 Å². The van der Waals surface area contributed by atoms with E-state index in [1.165, 1.54) is 167 Å². The quantitative estimate of drug-likeness (QED) is 0.0288. The van der Waals surface area contributed by atoms with E-state index >= 15 is 0 Å². The van der Waals surface area contributed by atoms with Crippen molar-refractivity contribution < 1.29 is 52.5 Å². The van der Waals surface area contributed by atoms with Gasteiger partial charge in [0.25, 0.3) is 17.3 Å². The molecule has 0 aliphatic rings. The third-order valence-electron chi connectivity index (χ3n) is 11.1. The molecule has 0 saturated carbocycles. The minimum absolute atomic E-state index is 0. The van der Waals surface area contributed by atoms with Gasteiger partial charge < -0.3 is 30.5 Å². The van der Waals surface area contributed by atoms with Crippen molar-refractivity contribution in [2.24, 2.45) is 0 Å². The van der Waals surface area contributed by atoms with Crippen LogP contribution in [0.15, 0.2) is 9.59 Å². The van der Waals surface area contributed by atoms with E-state index in [0.717, 1.165) is 58.2 Å². The molecule has 0 atom stereocenters. The maximum absolute atomic E-state index is 11.6. The van der Waals surface area contributed by atoms with Gasteiger partial charge in [0.15, 0.2) is 0 Å². The summed E-state index contributed by atoms with van der Waals surface area (Å²) in [5, 5.41) is 23.3. The molecule has 347 valence electrons. The molecule has 1 radical (unpaired) electrons. The van der Waals surface area contributed by atoms with Crippen molar-refractivity contribution >= 4 is 17.8 Å². The van der Waals surface area contributed by atoms with E-state index in [1.54, 1.807) is 7.05 Å². The number of unbranched alkanes of at least 4 members (excludes halogenated alkanes) is 24. The first-order chi connectivity index (χ1) is 28.4. The molecule has 1 aromatic carbocycles. The molecule has 9 nitrogen and oxygen atoms in total. The molecular formula is C49H97N3O6Y. The Morgan fingerprint density at radius 1 is 0.508 bits per heavy atom. The summed E-state index contributed by atoms with van der Waals surface area (Å²) in [6, 6.07) is 0. The van der Waals surface area contributed by atoms with Crippen molar-refractivity contribution in [2.75, 3.05) is 57.1 Å². The summed E-state index contributed by atoms with van der Waals surface area (Å²) in [7, 11) is 1.67. The van der Waals surface area contributed by atoms with Gasteiger partial charge in [-0.15, -0.1) is 0 Å². The van der Waals surface area contributed by atoms with E-state index < -0.39 is 10.9 Å². The molecule has 0 amide bonds. The van der Waals surface area contributed by atoms with Gasteiger partial charge in [0.05, 0.1) is 0 Å². The normalized spacial score (nSPS) is 10.9. The van der Waals surface area contributed by atoms with Crippen molar-refractivity contribution in [3.63, 3.8) is 0 Å². The maximum atomic E-state index is 11.6. The Morgan fingerprint density at radius 2 is 0.847 bits per heavy atom. The molecule has 0 fully saturated rings. The maximum Gasteiger partial charge on any atom is 0.293 e. The van der Waals surface area contributed by atoms with E-state index in [1.807, 2.05) is 0 Å². The van der Waals surface area contributed by atoms with Crippen LogP contribution in [0, 0.1) is 0 Å². The van der Waals surface area contributed by atoms with Crippen LogP contribution >= 0.6 is 0 Å². The summed E-state index contributed by atoms with van der Waals surface area (Å²) in [5.74, 6) is 0. The summed E-state index contributed by atoms with van der Waals surface area (Å²) < 4.78 is 5.22. The predicted molar refractivity (Wildman–Crippen MR) is 251 cm³/mol. The molecule has 0 saturated heterocycles. The third kappa shape index (κ3) is 40.9. The van der Waals surface area contributed by atoms with Gasteiger partial charge >= 0.3 is 0 Å². The smallest absolute Gasteiger partial charge is 0.293 e. The summed E-state index contributed by atoms with van der Waals surface area (Å²) >= 11 is 0. The fourth-order valence-electron chi connectivity index (χ4n) is 7.30. The Labute approximate surface area is 389 Å². The first-order valence-corrected chi connectivity index (χ1v) is 24.7. The van der Waals surface area contributed by atoms with Crippen LogP contribution in [0.5, 0.6) is 0 Å². The van der Waals surface area contributed by atoms with Crippen LogP contribution in [0.25, 0.3) is 0 Å². The molecule has 0 heterocycles. The second kappa shape index (κ2) is 51.5. The zero-order chi connectivity index (χ0) is 43.2. The van der Waals surface area contributed by atoms with Crippen molar-refractivity contribution in [3.8, 4) is 0 Å². The number of hydrogen-bond acceptors (Lipinski definition) is 9. The Balaban J connectivity index is -0.000000881. The minimum Gasteiger partial charge on any atom is -0.465 e. The molecule has 10 heteroatoms. The number of nitrogens with zero attached hydrogens (tertiary/aromatic N) is 1. The topological polar surface area (TPSA) is 128 Å². The molecular weight excluding hydrogens is 815 g/mol. The molecule has 0 aromatic heterocycles. The van der Waals surface area contributed by atoms with Crippen LogP contribution in [0.3, 0.4) is 0 Å². The first kappa shape index (κ1) is 62.4. The van der Waals surface area contributed by atoms with Crippen molar-refractivity contribution in [3.05, 3.63) is 20.4 Å². The van der Waals surface area contributed by atoms with Gasteiger partial charge in [-0.2, -0.15) is 0 Å². The molecule has 1 rings (SSSR count). The summed E-state index contributed by atoms with van der Waals surface area (Å²) in [6.07, 6.45) is 40.0. The number of ether oxygens (including phenoxy) is 1. The average molecular weight is 913 g/mol. The zero-order valence-electron chi connectivity index (χ0n) is 39.6. The van der Waals surface area contributed by atoms with Crippen LogP contribution in [-0.4, -0.2) is 74.1 Å². The van der Waals surface area contributed by atoms with Gasteiger partial charge in [0.2, 0.25) is 0 Å². The Hall–Kier alpha value is -0.866. The molecule has 59 heavy (non-hydrogen) atoms. The van der Waals surface area contributed by atoms with Crippen molar-refractivity contribution in [1.29, 1.82) is 0 Å². The number of carbonyl (C=O) groups is 1. The van der Waals surface area contributed by atoms with E-state index in [4.69, 9.17) is 14.9 Å². The van der Waals surface area contributed by atoms with E-state index in [9.17, 15) is 14.4 Å². The van der Waals surface area contributed by atoms with Gasteiger partial charge in [-0.3, -0.25) is 14.4 Å². The SMILES string of the molecule is CCCCCCCCC(CCCCCCCC)OC=O.CCCCCCCCCO.CCCCCCCCN(CCCCCCO)CCCNc1c(NC)c(=O)c1=O.[Y]. The second-order valence-corrected chi connectivity index (χ2v) is 16.5. The van der Waals surface area contributed by atoms with Gasteiger partial charge in [0.1, 0.15) is 17.5 Å². The molecule has 0 aliphatic carbocycles. The molecule has 0 unspecified atom stereocenters. The molecule has 0 aliphatic heterocycles. The number of nitrogens with one attached hydrogen (secondary N) is 2. The number of hydrogen-bond donors (Lipinski definition) is 4. The van der Waals surface area contributed by atoms with Gasteiger partial charge in [-0.25, -0.2) is 0 Å². The average Bonchev–Trinajstić information content (AvgIpc) is 3.23. The predicted octanol–water partition coefficient (Wildman–Crippen LogP) is 12.1. The molecule has 4 N–H and O–H groups in total.